The molecule has 1 heterocycles. The smallest absolute Gasteiger partial charge is 0.306 e. The van der Waals surface area contributed by atoms with E-state index in [0.717, 1.165) is 25.7 Å². The molecule has 5 heteroatoms. The zero-order chi connectivity index (χ0) is 21.4. The first kappa shape index (κ1) is 25.0. The van der Waals surface area contributed by atoms with Crippen LogP contribution in [0.1, 0.15) is 65.7 Å². The van der Waals surface area contributed by atoms with Crippen LogP contribution in [0.5, 0.6) is 0 Å². The van der Waals surface area contributed by atoms with Crippen molar-refractivity contribution >= 4 is 5.97 Å². The number of carbonyl (C=O) groups excluding carboxylic acids is 1. The zero-order valence-electron chi connectivity index (χ0n) is 17.9. The average Bonchev–Trinajstić information content (AvgIpc) is 3.03. The summed E-state index contributed by atoms with van der Waals surface area (Å²) in [6.07, 6.45) is 12.7. The summed E-state index contributed by atoms with van der Waals surface area (Å²) in [7, 11) is 0. The predicted octanol–water partition coefficient (Wildman–Crippen LogP) is 3.91. The number of rotatable bonds is 11. The topological polar surface area (TPSA) is 65.0 Å². The number of hydrogen-bond acceptors (Lipinski definition) is 5. The van der Waals surface area contributed by atoms with Gasteiger partial charge in [0.15, 0.2) is 5.79 Å². The fraction of sp³-hybridized carbons (Fsp3) is 0.625. The maximum Gasteiger partial charge on any atom is 0.306 e. The Balaban J connectivity index is 2.08. The first-order valence-corrected chi connectivity index (χ1v) is 10.4. The van der Waals surface area contributed by atoms with Crippen molar-refractivity contribution in [2.75, 3.05) is 13.2 Å². The van der Waals surface area contributed by atoms with Gasteiger partial charge in [-0.25, -0.2) is 0 Å². The zero-order valence-corrected chi connectivity index (χ0v) is 17.9. The lowest BCUT2D eigenvalue weighted by Gasteiger charge is -2.16. The summed E-state index contributed by atoms with van der Waals surface area (Å²) >= 11 is 0. The minimum atomic E-state index is -0.666. The van der Waals surface area contributed by atoms with Gasteiger partial charge in [0.1, 0.15) is 18.8 Å². The van der Waals surface area contributed by atoms with Gasteiger partial charge in [0.05, 0.1) is 13.0 Å². The lowest BCUT2D eigenvalue weighted by atomic mass is 10.1. The van der Waals surface area contributed by atoms with Gasteiger partial charge in [-0.05, 0) is 57.8 Å². The fourth-order valence-corrected chi connectivity index (χ4v) is 2.55. The molecule has 0 aromatic rings. The van der Waals surface area contributed by atoms with Gasteiger partial charge in [-0.15, -0.1) is 0 Å². The highest BCUT2D eigenvalue weighted by atomic mass is 16.7. The standard InChI is InChI=1S/C24H34O5/c1-4-5-6-7-8-9-10-13-16-21(25)17-14-11-12-15-18-23(26)27-19-22-20-28-24(2,3)29-22/h5-6,8-9,21-22,25H,4,7,10,13,15-16,18-20H2,1-3H3/b6-5-,9-8-/t21?,22-/m0/s1. The molecule has 1 fully saturated rings. The molecule has 1 saturated heterocycles. The average molecular weight is 403 g/mol. The van der Waals surface area contributed by atoms with E-state index in [9.17, 15) is 9.90 Å². The lowest BCUT2D eigenvalue weighted by molar-refractivity contribution is -0.158. The molecule has 0 spiro atoms. The largest absolute Gasteiger partial charge is 0.463 e. The molecule has 0 saturated carbocycles. The Morgan fingerprint density at radius 1 is 1.28 bits per heavy atom. The van der Waals surface area contributed by atoms with Gasteiger partial charge in [-0.3, -0.25) is 4.79 Å². The normalized spacial score (nSPS) is 18.8. The van der Waals surface area contributed by atoms with E-state index in [1.807, 2.05) is 13.8 Å². The Morgan fingerprint density at radius 3 is 2.79 bits per heavy atom. The van der Waals surface area contributed by atoms with E-state index < -0.39 is 11.9 Å². The second-order valence-electron chi connectivity index (χ2n) is 7.24. The molecule has 1 unspecified atom stereocenters. The minimum absolute atomic E-state index is 0.187. The molecule has 29 heavy (non-hydrogen) atoms. The second kappa shape index (κ2) is 14.9. The van der Waals surface area contributed by atoms with E-state index in [1.54, 1.807) is 0 Å². The van der Waals surface area contributed by atoms with E-state index in [0.29, 0.717) is 19.4 Å². The summed E-state index contributed by atoms with van der Waals surface area (Å²) in [4.78, 5) is 11.7. The first-order valence-electron chi connectivity index (χ1n) is 10.4. The highest BCUT2D eigenvalue weighted by Crippen LogP contribution is 2.22. The number of hydrogen-bond donors (Lipinski definition) is 1. The van der Waals surface area contributed by atoms with Crippen LogP contribution in [-0.2, 0) is 19.0 Å². The molecule has 0 aromatic carbocycles. The van der Waals surface area contributed by atoms with Crippen molar-refractivity contribution in [2.45, 2.75) is 83.7 Å². The van der Waals surface area contributed by atoms with Crippen LogP contribution < -0.4 is 0 Å². The molecule has 1 N–H and O–H groups in total. The van der Waals surface area contributed by atoms with E-state index in [2.05, 4.69) is 54.9 Å². The summed E-state index contributed by atoms with van der Waals surface area (Å²) in [5.74, 6) is 9.88. The monoisotopic (exact) mass is 402 g/mol. The minimum Gasteiger partial charge on any atom is -0.463 e. The summed E-state index contributed by atoms with van der Waals surface area (Å²) in [5, 5.41) is 9.80. The van der Waals surface area contributed by atoms with Crippen molar-refractivity contribution in [2.24, 2.45) is 0 Å². The molecule has 1 aliphatic heterocycles. The molecule has 1 aliphatic rings. The Hall–Kier alpha value is -2.05. The van der Waals surface area contributed by atoms with Gasteiger partial charge >= 0.3 is 5.97 Å². The maximum absolute atomic E-state index is 11.7. The molecule has 160 valence electrons. The van der Waals surface area contributed by atoms with Crippen molar-refractivity contribution in [3.05, 3.63) is 24.3 Å². The maximum atomic E-state index is 11.7. The highest BCUT2D eigenvalue weighted by Gasteiger charge is 2.33. The van der Waals surface area contributed by atoms with Crippen LogP contribution in [0.4, 0.5) is 0 Å². The van der Waals surface area contributed by atoms with Crippen molar-refractivity contribution in [3.8, 4) is 23.7 Å². The third kappa shape index (κ3) is 13.7. The molecular formula is C24H34O5. The number of ether oxygens (including phenoxy) is 3. The summed E-state index contributed by atoms with van der Waals surface area (Å²) < 4.78 is 16.1. The number of aliphatic hydroxyl groups is 1. The lowest BCUT2D eigenvalue weighted by Crippen LogP contribution is -2.25. The molecule has 0 bridgehead atoms. The highest BCUT2D eigenvalue weighted by molar-refractivity contribution is 5.69. The number of allylic oxidation sites excluding steroid dienone is 4. The molecular weight excluding hydrogens is 368 g/mol. The van der Waals surface area contributed by atoms with Crippen LogP contribution in [0.25, 0.3) is 0 Å². The van der Waals surface area contributed by atoms with Crippen LogP contribution >= 0.6 is 0 Å². The summed E-state index contributed by atoms with van der Waals surface area (Å²) in [6, 6.07) is 0. The Labute approximate surface area is 175 Å². The Bertz CT molecular complexity index is 654. The van der Waals surface area contributed by atoms with Crippen molar-refractivity contribution in [1.82, 2.24) is 0 Å². The van der Waals surface area contributed by atoms with Crippen molar-refractivity contribution in [3.63, 3.8) is 0 Å². The number of unbranched alkanes of at least 4 members (excludes halogenated alkanes) is 1. The predicted molar refractivity (Wildman–Crippen MR) is 114 cm³/mol. The van der Waals surface area contributed by atoms with Gasteiger partial charge in [-0.1, -0.05) is 43.1 Å². The molecule has 0 radical (unpaired) electrons. The van der Waals surface area contributed by atoms with E-state index in [1.165, 1.54) is 0 Å². The molecule has 5 nitrogen and oxygen atoms in total. The SMILES string of the molecule is CC/C=C\C/C=C\CCCC(O)C#CC#CCCC(=O)OC[C@H]1COC(C)(C)O1. The quantitative estimate of drug-likeness (QED) is 0.246. The second-order valence-corrected chi connectivity index (χ2v) is 7.24. The molecule has 0 amide bonds. The third-order valence-corrected chi connectivity index (χ3v) is 4.03. The van der Waals surface area contributed by atoms with E-state index in [-0.39, 0.29) is 25.1 Å². The molecule has 1 rings (SSSR count). The summed E-state index contributed by atoms with van der Waals surface area (Å²) in [5.41, 5.74) is 0. The Morgan fingerprint density at radius 2 is 2.07 bits per heavy atom. The van der Waals surface area contributed by atoms with Crippen LogP contribution in [0.15, 0.2) is 24.3 Å². The molecule has 2 atom stereocenters. The Kier molecular flexibility index (Phi) is 12.8. The fourth-order valence-electron chi connectivity index (χ4n) is 2.55. The third-order valence-electron chi connectivity index (χ3n) is 4.03. The van der Waals surface area contributed by atoms with Crippen LogP contribution in [-0.4, -0.2) is 42.3 Å². The van der Waals surface area contributed by atoms with Gasteiger partial charge in [0, 0.05) is 6.42 Å². The molecule has 0 aliphatic carbocycles. The van der Waals surface area contributed by atoms with Gasteiger partial charge in [0.25, 0.3) is 0 Å². The van der Waals surface area contributed by atoms with Gasteiger partial charge < -0.3 is 19.3 Å². The van der Waals surface area contributed by atoms with Crippen LogP contribution in [0.3, 0.4) is 0 Å². The first-order chi connectivity index (χ1) is 13.9. The van der Waals surface area contributed by atoms with E-state index >= 15 is 0 Å². The van der Waals surface area contributed by atoms with Gasteiger partial charge in [-0.2, -0.15) is 0 Å². The summed E-state index contributed by atoms with van der Waals surface area (Å²) in [6.45, 7) is 6.38. The van der Waals surface area contributed by atoms with E-state index in [4.69, 9.17) is 14.2 Å². The van der Waals surface area contributed by atoms with Crippen molar-refractivity contribution < 1.29 is 24.1 Å². The van der Waals surface area contributed by atoms with Gasteiger partial charge in [0.2, 0.25) is 0 Å². The number of aliphatic hydroxyl groups excluding tert-OH is 1. The van der Waals surface area contributed by atoms with Crippen molar-refractivity contribution in [1.29, 1.82) is 0 Å². The molecule has 0 aromatic heterocycles. The number of carbonyl (C=O) groups is 1. The number of esters is 1. The van der Waals surface area contributed by atoms with Crippen LogP contribution in [0, 0.1) is 23.7 Å². The van der Waals surface area contributed by atoms with Crippen LogP contribution in [0.2, 0.25) is 0 Å².